The average Bonchev–Trinajstić information content (AvgIpc) is 2.61. The third-order valence-corrected chi connectivity index (χ3v) is 4.36. The lowest BCUT2D eigenvalue weighted by atomic mass is 9.94. The smallest absolute Gasteiger partial charge is 0.255 e. The van der Waals surface area contributed by atoms with Crippen LogP contribution in [0.1, 0.15) is 32.4 Å². The van der Waals surface area contributed by atoms with Crippen LogP contribution in [0.25, 0.3) is 0 Å². The van der Waals surface area contributed by atoms with Crippen molar-refractivity contribution >= 4 is 28.9 Å². The highest BCUT2D eigenvalue weighted by Gasteiger charge is 2.31. The van der Waals surface area contributed by atoms with Crippen LogP contribution in [0.5, 0.6) is 5.75 Å². The van der Waals surface area contributed by atoms with Crippen LogP contribution in [-0.4, -0.2) is 17.1 Å². The molecular formula is C21H23N3O2S. The van der Waals surface area contributed by atoms with Gasteiger partial charge in [0.15, 0.2) is 5.11 Å². The number of hydrogen-bond acceptors (Lipinski definition) is 3. The lowest BCUT2D eigenvalue weighted by Crippen LogP contribution is -2.45. The molecule has 1 amide bonds. The van der Waals surface area contributed by atoms with Crippen LogP contribution in [0.2, 0.25) is 0 Å². The van der Waals surface area contributed by atoms with Gasteiger partial charge in [0.05, 0.1) is 17.7 Å². The molecule has 0 fully saturated rings. The molecular weight excluding hydrogens is 358 g/mol. The molecule has 0 radical (unpaired) electrons. The SMILES string of the molecule is CC1=C(C(=O)Nc2ccccc2)C(c2ccccc2OC(C)C)NC(=S)N1. The molecule has 3 N–H and O–H groups in total. The molecule has 2 aromatic carbocycles. The van der Waals surface area contributed by atoms with Gasteiger partial charge < -0.3 is 20.7 Å². The maximum atomic E-state index is 13.1. The Bertz CT molecular complexity index is 878. The first-order valence-corrected chi connectivity index (χ1v) is 9.27. The number of benzene rings is 2. The number of allylic oxidation sites excluding steroid dienone is 1. The van der Waals surface area contributed by atoms with E-state index < -0.39 is 6.04 Å². The topological polar surface area (TPSA) is 62.4 Å². The van der Waals surface area contributed by atoms with E-state index in [1.165, 1.54) is 0 Å². The molecule has 1 unspecified atom stereocenters. The number of anilines is 1. The molecule has 2 aromatic rings. The van der Waals surface area contributed by atoms with Gasteiger partial charge in [0.25, 0.3) is 5.91 Å². The van der Waals surface area contributed by atoms with Crippen LogP contribution in [0, 0.1) is 0 Å². The fourth-order valence-corrected chi connectivity index (χ4v) is 3.30. The fraction of sp³-hybridized carbons (Fsp3) is 0.238. The minimum Gasteiger partial charge on any atom is -0.491 e. The van der Waals surface area contributed by atoms with E-state index in [0.29, 0.717) is 10.7 Å². The summed E-state index contributed by atoms with van der Waals surface area (Å²) in [6.45, 7) is 5.80. The van der Waals surface area contributed by atoms with E-state index >= 15 is 0 Å². The zero-order chi connectivity index (χ0) is 19.4. The van der Waals surface area contributed by atoms with Crippen LogP contribution >= 0.6 is 12.2 Å². The Morgan fingerprint density at radius 3 is 2.48 bits per heavy atom. The largest absolute Gasteiger partial charge is 0.491 e. The quantitative estimate of drug-likeness (QED) is 0.686. The molecule has 1 aliphatic heterocycles. The first kappa shape index (κ1) is 18.9. The van der Waals surface area contributed by atoms with Crippen molar-refractivity contribution < 1.29 is 9.53 Å². The van der Waals surface area contributed by atoms with Gasteiger partial charge in [0.2, 0.25) is 0 Å². The molecule has 6 heteroatoms. The maximum Gasteiger partial charge on any atom is 0.255 e. The number of para-hydroxylation sites is 2. The van der Waals surface area contributed by atoms with Gasteiger partial charge in [-0.15, -0.1) is 0 Å². The van der Waals surface area contributed by atoms with Crippen LogP contribution < -0.4 is 20.7 Å². The van der Waals surface area contributed by atoms with Crippen molar-refractivity contribution in [3.05, 3.63) is 71.4 Å². The molecule has 0 spiro atoms. The molecule has 0 saturated heterocycles. The first-order chi connectivity index (χ1) is 13.0. The molecule has 3 rings (SSSR count). The highest BCUT2D eigenvalue weighted by molar-refractivity contribution is 7.80. The van der Waals surface area contributed by atoms with E-state index in [1.54, 1.807) is 0 Å². The van der Waals surface area contributed by atoms with E-state index in [1.807, 2.05) is 75.4 Å². The number of carbonyl (C=O) groups excluding carboxylic acids is 1. The third kappa shape index (κ3) is 4.46. The molecule has 1 heterocycles. The van der Waals surface area contributed by atoms with Crippen molar-refractivity contribution in [2.75, 3.05) is 5.32 Å². The number of carbonyl (C=O) groups is 1. The predicted molar refractivity (Wildman–Crippen MR) is 112 cm³/mol. The Morgan fingerprint density at radius 1 is 1.11 bits per heavy atom. The summed E-state index contributed by atoms with van der Waals surface area (Å²) in [6, 6.07) is 16.7. The Labute approximate surface area is 164 Å². The summed E-state index contributed by atoms with van der Waals surface area (Å²) >= 11 is 5.33. The summed E-state index contributed by atoms with van der Waals surface area (Å²) in [5.41, 5.74) is 2.90. The Hall–Kier alpha value is -2.86. The summed E-state index contributed by atoms with van der Waals surface area (Å²) in [5.74, 6) is 0.540. The summed E-state index contributed by atoms with van der Waals surface area (Å²) in [7, 11) is 0. The fourth-order valence-electron chi connectivity index (χ4n) is 3.03. The molecule has 140 valence electrons. The van der Waals surface area contributed by atoms with Gasteiger partial charge in [-0.05, 0) is 51.2 Å². The standard InChI is InChI=1S/C21H23N3O2S/c1-13(2)26-17-12-8-7-11-16(17)19-18(14(3)22-21(27)24-19)20(25)23-15-9-5-4-6-10-15/h4-13,19H,1-3H3,(H,23,25)(H2,22,24,27). The predicted octanol–water partition coefficient (Wildman–Crippen LogP) is 3.91. The first-order valence-electron chi connectivity index (χ1n) is 8.86. The molecule has 1 aliphatic rings. The molecule has 1 atom stereocenters. The number of ether oxygens (including phenoxy) is 1. The average molecular weight is 382 g/mol. The highest BCUT2D eigenvalue weighted by Crippen LogP contribution is 2.34. The lowest BCUT2D eigenvalue weighted by molar-refractivity contribution is -0.113. The molecule has 0 aromatic heterocycles. The molecule has 0 aliphatic carbocycles. The number of thiocarbonyl (C=S) groups is 1. The Balaban J connectivity index is 1.99. The second-order valence-electron chi connectivity index (χ2n) is 6.59. The number of amides is 1. The number of hydrogen-bond donors (Lipinski definition) is 3. The molecule has 5 nitrogen and oxygen atoms in total. The third-order valence-electron chi connectivity index (χ3n) is 4.14. The van der Waals surface area contributed by atoms with Crippen molar-refractivity contribution in [3.63, 3.8) is 0 Å². The highest BCUT2D eigenvalue weighted by atomic mass is 32.1. The van der Waals surface area contributed by atoms with Crippen LogP contribution in [0.4, 0.5) is 5.69 Å². The Kier molecular flexibility index (Phi) is 5.76. The van der Waals surface area contributed by atoms with E-state index in [2.05, 4.69) is 16.0 Å². The van der Waals surface area contributed by atoms with Gasteiger partial charge in [0.1, 0.15) is 5.75 Å². The number of rotatable bonds is 5. The van der Waals surface area contributed by atoms with Gasteiger partial charge in [-0.1, -0.05) is 36.4 Å². The molecule has 27 heavy (non-hydrogen) atoms. The summed E-state index contributed by atoms with van der Waals surface area (Å²) in [6.07, 6.45) is 0.0199. The number of nitrogens with one attached hydrogen (secondary N) is 3. The molecule has 0 saturated carbocycles. The van der Waals surface area contributed by atoms with Gasteiger partial charge in [-0.3, -0.25) is 4.79 Å². The normalized spacial score (nSPS) is 16.6. The second-order valence-corrected chi connectivity index (χ2v) is 7.00. The van der Waals surface area contributed by atoms with Gasteiger partial charge >= 0.3 is 0 Å². The maximum absolute atomic E-state index is 13.1. The van der Waals surface area contributed by atoms with Crippen LogP contribution in [-0.2, 0) is 4.79 Å². The van der Waals surface area contributed by atoms with Gasteiger partial charge in [0, 0.05) is 16.9 Å². The minimum atomic E-state index is -0.405. The zero-order valence-corrected chi connectivity index (χ0v) is 16.4. The lowest BCUT2D eigenvalue weighted by Gasteiger charge is -2.31. The van der Waals surface area contributed by atoms with Crippen molar-refractivity contribution in [2.45, 2.75) is 32.9 Å². The van der Waals surface area contributed by atoms with Crippen molar-refractivity contribution in [3.8, 4) is 5.75 Å². The molecule has 0 bridgehead atoms. The van der Waals surface area contributed by atoms with E-state index in [-0.39, 0.29) is 12.0 Å². The summed E-state index contributed by atoms with van der Waals surface area (Å²) in [4.78, 5) is 13.1. The van der Waals surface area contributed by atoms with Crippen LogP contribution in [0.3, 0.4) is 0 Å². The van der Waals surface area contributed by atoms with Crippen LogP contribution in [0.15, 0.2) is 65.9 Å². The van der Waals surface area contributed by atoms with Crippen molar-refractivity contribution in [2.24, 2.45) is 0 Å². The van der Waals surface area contributed by atoms with E-state index in [4.69, 9.17) is 17.0 Å². The van der Waals surface area contributed by atoms with Gasteiger partial charge in [-0.2, -0.15) is 0 Å². The van der Waals surface area contributed by atoms with E-state index in [0.717, 1.165) is 22.7 Å². The monoisotopic (exact) mass is 381 g/mol. The van der Waals surface area contributed by atoms with E-state index in [9.17, 15) is 4.79 Å². The second kappa shape index (κ2) is 8.22. The zero-order valence-electron chi connectivity index (χ0n) is 15.6. The summed E-state index contributed by atoms with van der Waals surface area (Å²) in [5, 5.41) is 9.71. The van der Waals surface area contributed by atoms with Crippen molar-refractivity contribution in [1.82, 2.24) is 10.6 Å². The minimum absolute atomic E-state index is 0.0199. The van der Waals surface area contributed by atoms with Crippen molar-refractivity contribution in [1.29, 1.82) is 0 Å². The summed E-state index contributed by atoms with van der Waals surface area (Å²) < 4.78 is 5.96. The van der Waals surface area contributed by atoms with Gasteiger partial charge in [-0.25, -0.2) is 0 Å². The Morgan fingerprint density at radius 2 is 1.78 bits per heavy atom.